The van der Waals surface area contributed by atoms with Crippen molar-refractivity contribution in [1.82, 2.24) is 0 Å². The topological polar surface area (TPSA) is 44.5 Å². The van der Waals surface area contributed by atoms with E-state index in [1.54, 1.807) is 32.4 Å². The smallest absolute Gasteiger partial charge is 0.161 e. The molecule has 0 radical (unpaired) electrons. The zero-order valence-electron chi connectivity index (χ0n) is 11.9. The highest BCUT2D eigenvalue weighted by atomic mass is 79.9. The summed E-state index contributed by atoms with van der Waals surface area (Å²) >= 11 is 3.24. The first-order valence-electron chi connectivity index (χ1n) is 6.46. The molecule has 0 aliphatic carbocycles. The van der Waals surface area contributed by atoms with Crippen molar-refractivity contribution in [2.75, 3.05) is 14.2 Å². The molecule has 2 N–H and O–H groups in total. The van der Waals surface area contributed by atoms with E-state index in [9.17, 15) is 4.39 Å². The summed E-state index contributed by atoms with van der Waals surface area (Å²) in [7, 11) is 3.15. The lowest BCUT2D eigenvalue weighted by molar-refractivity contribution is 0.354. The molecule has 3 nitrogen and oxygen atoms in total. The Hall–Kier alpha value is -1.59. The molecule has 21 heavy (non-hydrogen) atoms. The minimum Gasteiger partial charge on any atom is -0.493 e. The van der Waals surface area contributed by atoms with E-state index in [4.69, 9.17) is 15.2 Å². The van der Waals surface area contributed by atoms with Crippen LogP contribution >= 0.6 is 15.9 Å². The van der Waals surface area contributed by atoms with Gasteiger partial charge in [0, 0.05) is 10.5 Å². The fourth-order valence-corrected chi connectivity index (χ4v) is 2.46. The molecule has 0 heterocycles. The molecule has 0 saturated carbocycles. The van der Waals surface area contributed by atoms with Gasteiger partial charge in [-0.2, -0.15) is 0 Å². The number of ether oxygens (including phenoxy) is 2. The van der Waals surface area contributed by atoms with Gasteiger partial charge < -0.3 is 15.2 Å². The van der Waals surface area contributed by atoms with Crippen LogP contribution in [0.1, 0.15) is 17.2 Å². The average molecular weight is 354 g/mol. The van der Waals surface area contributed by atoms with Gasteiger partial charge in [0.15, 0.2) is 11.5 Å². The van der Waals surface area contributed by atoms with Crippen molar-refractivity contribution in [3.05, 3.63) is 57.8 Å². The Morgan fingerprint density at radius 2 is 1.81 bits per heavy atom. The second-order valence-electron chi connectivity index (χ2n) is 4.66. The van der Waals surface area contributed by atoms with Gasteiger partial charge in [-0.1, -0.05) is 28.1 Å². The van der Waals surface area contributed by atoms with Crippen LogP contribution in [0, 0.1) is 5.82 Å². The van der Waals surface area contributed by atoms with Crippen molar-refractivity contribution in [2.45, 2.75) is 12.5 Å². The molecule has 1 atom stereocenters. The third-order valence-electron chi connectivity index (χ3n) is 3.29. The molecular weight excluding hydrogens is 337 g/mol. The second-order valence-corrected chi connectivity index (χ2v) is 5.58. The molecule has 2 aromatic carbocycles. The lowest BCUT2D eigenvalue weighted by atomic mass is 9.99. The van der Waals surface area contributed by atoms with E-state index in [0.29, 0.717) is 28.0 Å². The molecule has 112 valence electrons. The highest BCUT2D eigenvalue weighted by molar-refractivity contribution is 9.10. The molecule has 0 amide bonds. The predicted molar refractivity (Wildman–Crippen MR) is 84.3 cm³/mol. The number of rotatable bonds is 5. The third kappa shape index (κ3) is 3.74. The van der Waals surface area contributed by atoms with Crippen molar-refractivity contribution in [1.29, 1.82) is 0 Å². The van der Waals surface area contributed by atoms with Gasteiger partial charge in [-0.25, -0.2) is 4.39 Å². The molecule has 2 aromatic rings. The maximum absolute atomic E-state index is 13.9. The Balaban J connectivity index is 2.21. The van der Waals surface area contributed by atoms with Crippen LogP contribution in [0.2, 0.25) is 0 Å². The van der Waals surface area contributed by atoms with Crippen LogP contribution in [0.15, 0.2) is 40.9 Å². The summed E-state index contributed by atoms with van der Waals surface area (Å²) in [6, 6.07) is 10.1. The van der Waals surface area contributed by atoms with Crippen LogP contribution < -0.4 is 15.2 Å². The zero-order valence-corrected chi connectivity index (χ0v) is 13.5. The minimum atomic E-state index is -0.319. The van der Waals surface area contributed by atoms with Crippen molar-refractivity contribution < 1.29 is 13.9 Å². The first-order valence-corrected chi connectivity index (χ1v) is 7.26. The molecule has 0 aliphatic rings. The Morgan fingerprint density at radius 1 is 1.10 bits per heavy atom. The van der Waals surface area contributed by atoms with E-state index < -0.39 is 0 Å². The maximum atomic E-state index is 13.9. The molecule has 5 heteroatoms. The largest absolute Gasteiger partial charge is 0.493 e. The SMILES string of the molecule is COc1ccc(C(N)Cc2ccc(Br)cc2F)cc1OC. The maximum Gasteiger partial charge on any atom is 0.161 e. The average Bonchev–Trinajstić information content (AvgIpc) is 2.49. The lowest BCUT2D eigenvalue weighted by Gasteiger charge is -2.15. The molecular formula is C16H17BrFNO2. The predicted octanol–water partition coefficient (Wildman–Crippen LogP) is 3.85. The van der Waals surface area contributed by atoms with Crippen molar-refractivity contribution in [3.63, 3.8) is 0 Å². The number of nitrogens with two attached hydrogens (primary N) is 1. The quantitative estimate of drug-likeness (QED) is 0.887. The normalized spacial score (nSPS) is 12.0. The molecule has 0 spiro atoms. The van der Waals surface area contributed by atoms with Gasteiger partial charge in [-0.15, -0.1) is 0 Å². The monoisotopic (exact) mass is 353 g/mol. The number of methoxy groups -OCH3 is 2. The molecule has 0 bridgehead atoms. The van der Waals surface area contributed by atoms with Gasteiger partial charge in [-0.05, 0) is 41.8 Å². The van der Waals surface area contributed by atoms with Gasteiger partial charge in [0.2, 0.25) is 0 Å². The highest BCUT2D eigenvalue weighted by Crippen LogP contribution is 2.30. The number of hydrogen-bond donors (Lipinski definition) is 1. The molecule has 0 fully saturated rings. The number of benzene rings is 2. The van der Waals surface area contributed by atoms with Crippen LogP contribution in [0.25, 0.3) is 0 Å². The standard InChI is InChI=1S/C16H17BrFNO2/c1-20-15-6-4-11(8-16(15)21-2)14(19)7-10-3-5-12(17)9-13(10)18/h3-6,8-9,14H,7,19H2,1-2H3. The van der Waals surface area contributed by atoms with E-state index in [2.05, 4.69) is 15.9 Å². The van der Waals surface area contributed by atoms with Gasteiger partial charge in [0.25, 0.3) is 0 Å². The molecule has 2 rings (SSSR count). The van der Waals surface area contributed by atoms with Crippen LogP contribution in [-0.2, 0) is 6.42 Å². The summed E-state index contributed by atoms with van der Waals surface area (Å²) < 4.78 is 25.0. The number of hydrogen-bond acceptors (Lipinski definition) is 3. The molecule has 0 aromatic heterocycles. The van der Waals surface area contributed by atoms with Crippen LogP contribution in [0.4, 0.5) is 4.39 Å². The Bertz CT molecular complexity index is 634. The van der Waals surface area contributed by atoms with Crippen molar-refractivity contribution in [3.8, 4) is 11.5 Å². The summed E-state index contributed by atoms with van der Waals surface area (Å²) in [6.45, 7) is 0. The van der Waals surface area contributed by atoms with Gasteiger partial charge in [0.1, 0.15) is 5.82 Å². The first kappa shape index (κ1) is 15.8. The van der Waals surface area contributed by atoms with Crippen LogP contribution in [0.5, 0.6) is 11.5 Å². The Morgan fingerprint density at radius 3 is 2.43 bits per heavy atom. The fraction of sp³-hybridized carbons (Fsp3) is 0.250. The van der Waals surface area contributed by atoms with E-state index in [0.717, 1.165) is 5.56 Å². The molecule has 0 aliphatic heterocycles. The zero-order chi connectivity index (χ0) is 15.4. The van der Waals surface area contributed by atoms with E-state index in [-0.39, 0.29) is 11.9 Å². The minimum absolute atomic E-state index is 0.264. The van der Waals surface area contributed by atoms with Crippen molar-refractivity contribution >= 4 is 15.9 Å². The van der Waals surface area contributed by atoms with Gasteiger partial charge >= 0.3 is 0 Å². The summed E-state index contributed by atoms with van der Waals surface area (Å²) in [4.78, 5) is 0. The summed E-state index contributed by atoms with van der Waals surface area (Å²) in [5.41, 5.74) is 7.63. The number of halogens is 2. The molecule has 0 saturated heterocycles. The van der Waals surface area contributed by atoms with Gasteiger partial charge in [0.05, 0.1) is 14.2 Å². The highest BCUT2D eigenvalue weighted by Gasteiger charge is 2.13. The van der Waals surface area contributed by atoms with Crippen molar-refractivity contribution in [2.24, 2.45) is 5.73 Å². The third-order valence-corrected chi connectivity index (χ3v) is 3.78. The summed E-state index contributed by atoms with van der Waals surface area (Å²) in [5, 5.41) is 0. The second kappa shape index (κ2) is 6.91. The van der Waals surface area contributed by atoms with E-state index in [1.807, 2.05) is 12.1 Å². The van der Waals surface area contributed by atoms with Crippen LogP contribution in [-0.4, -0.2) is 14.2 Å². The van der Waals surface area contributed by atoms with E-state index in [1.165, 1.54) is 6.07 Å². The van der Waals surface area contributed by atoms with Gasteiger partial charge in [-0.3, -0.25) is 0 Å². The Labute approximate surface area is 132 Å². The lowest BCUT2D eigenvalue weighted by Crippen LogP contribution is -2.14. The summed E-state index contributed by atoms with van der Waals surface area (Å²) in [6.07, 6.45) is 0.411. The van der Waals surface area contributed by atoms with E-state index >= 15 is 0 Å². The summed E-state index contributed by atoms with van der Waals surface area (Å²) in [5.74, 6) is 0.991. The fourth-order valence-electron chi connectivity index (χ4n) is 2.13. The first-order chi connectivity index (χ1) is 10.0. The van der Waals surface area contributed by atoms with Crippen LogP contribution in [0.3, 0.4) is 0 Å². The Kier molecular flexibility index (Phi) is 5.20. The molecule has 1 unspecified atom stereocenters.